The highest BCUT2D eigenvalue weighted by atomic mass is 32.1. The first-order chi connectivity index (χ1) is 15.7. The number of carbonyl (C=O) groups is 1. The van der Waals surface area contributed by atoms with E-state index in [1.165, 1.54) is 0 Å². The zero-order valence-electron chi connectivity index (χ0n) is 18.2. The van der Waals surface area contributed by atoms with Crippen molar-refractivity contribution in [3.05, 3.63) is 53.2 Å². The Morgan fingerprint density at radius 2 is 2.06 bits per heavy atom. The number of hydrogen-bond donors (Lipinski definition) is 0. The van der Waals surface area contributed by atoms with E-state index in [0.717, 1.165) is 23.5 Å². The molecule has 3 heterocycles. The zero-order chi connectivity index (χ0) is 22.3. The summed E-state index contributed by atoms with van der Waals surface area (Å²) < 4.78 is 16.3. The molecule has 9 heteroatoms. The van der Waals surface area contributed by atoms with Crippen LogP contribution in [0.2, 0.25) is 0 Å². The van der Waals surface area contributed by atoms with E-state index in [1.54, 1.807) is 30.6 Å². The molecule has 32 heavy (non-hydrogen) atoms. The minimum absolute atomic E-state index is 0.00438. The van der Waals surface area contributed by atoms with Crippen LogP contribution in [0, 0.1) is 0 Å². The van der Waals surface area contributed by atoms with Gasteiger partial charge in [0.05, 0.1) is 25.1 Å². The minimum atomic E-state index is -0.00438. The van der Waals surface area contributed by atoms with Gasteiger partial charge in [0.15, 0.2) is 11.5 Å². The summed E-state index contributed by atoms with van der Waals surface area (Å²) in [5.41, 5.74) is 0.884. The third-order valence-electron chi connectivity index (χ3n) is 5.16. The first kappa shape index (κ1) is 22.0. The maximum absolute atomic E-state index is 12.6. The van der Waals surface area contributed by atoms with Crippen molar-refractivity contribution in [2.24, 2.45) is 0 Å². The lowest BCUT2D eigenvalue weighted by molar-refractivity contribution is -0.127. The molecule has 0 bridgehead atoms. The molecule has 168 valence electrons. The van der Waals surface area contributed by atoms with Gasteiger partial charge in [0.2, 0.25) is 17.6 Å². The summed E-state index contributed by atoms with van der Waals surface area (Å²) in [4.78, 5) is 22.2. The molecule has 0 aliphatic carbocycles. The molecular weight excluding hydrogens is 428 g/mol. The van der Waals surface area contributed by atoms with Crippen LogP contribution in [0.15, 0.2) is 46.3 Å². The molecule has 1 aromatic carbocycles. The van der Waals surface area contributed by atoms with Gasteiger partial charge in [0.1, 0.15) is 0 Å². The van der Waals surface area contributed by atoms with Crippen LogP contribution in [0.4, 0.5) is 0 Å². The SMILES string of the molecule is CCOc1ccc(/C=C/C(=O)N2CCN(Cc3nc(-c4cccs4)no3)CC2)cc1OC. The van der Waals surface area contributed by atoms with Gasteiger partial charge in [-0.05, 0) is 42.1 Å². The average Bonchev–Trinajstić information content (AvgIpc) is 3.51. The van der Waals surface area contributed by atoms with Crippen LogP contribution in [-0.4, -0.2) is 65.7 Å². The summed E-state index contributed by atoms with van der Waals surface area (Å²) in [5.74, 6) is 2.56. The summed E-state index contributed by atoms with van der Waals surface area (Å²) in [7, 11) is 1.60. The maximum atomic E-state index is 12.6. The standard InChI is InChI=1S/C23H26N4O4S/c1-3-30-18-8-6-17(15-19(18)29-2)7-9-22(28)27-12-10-26(11-13-27)16-21-24-23(25-31-21)20-5-4-14-32-20/h4-9,14-15H,3,10-13,16H2,1-2H3/b9-7+. The Morgan fingerprint density at radius 3 is 2.78 bits per heavy atom. The van der Waals surface area contributed by atoms with Gasteiger partial charge in [-0.1, -0.05) is 17.3 Å². The quantitative estimate of drug-likeness (QED) is 0.482. The number of nitrogens with zero attached hydrogens (tertiary/aromatic N) is 4. The Labute approximate surface area is 191 Å². The van der Waals surface area contributed by atoms with Gasteiger partial charge in [0, 0.05) is 32.3 Å². The van der Waals surface area contributed by atoms with Crippen LogP contribution in [0.1, 0.15) is 18.4 Å². The van der Waals surface area contributed by atoms with Gasteiger partial charge in [-0.2, -0.15) is 4.98 Å². The molecule has 1 amide bonds. The molecule has 0 N–H and O–H groups in total. The van der Waals surface area contributed by atoms with Crippen LogP contribution in [0.25, 0.3) is 16.8 Å². The van der Waals surface area contributed by atoms with Crippen molar-refractivity contribution in [2.45, 2.75) is 13.5 Å². The highest BCUT2D eigenvalue weighted by Crippen LogP contribution is 2.28. The molecular formula is C23H26N4O4S. The lowest BCUT2D eigenvalue weighted by Gasteiger charge is -2.33. The van der Waals surface area contributed by atoms with Crippen LogP contribution >= 0.6 is 11.3 Å². The van der Waals surface area contributed by atoms with Gasteiger partial charge in [-0.3, -0.25) is 9.69 Å². The van der Waals surface area contributed by atoms with Crippen LogP contribution in [0.5, 0.6) is 11.5 Å². The molecule has 0 radical (unpaired) electrons. The second-order valence-electron chi connectivity index (χ2n) is 7.27. The molecule has 1 saturated heterocycles. The molecule has 8 nitrogen and oxygen atoms in total. The number of rotatable bonds is 8. The van der Waals surface area contributed by atoms with Crippen LogP contribution in [-0.2, 0) is 11.3 Å². The zero-order valence-corrected chi connectivity index (χ0v) is 19.0. The molecule has 0 atom stereocenters. The number of ether oxygens (including phenoxy) is 2. The van der Waals surface area contributed by atoms with E-state index in [4.69, 9.17) is 14.0 Å². The van der Waals surface area contributed by atoms with Gasteiger partial charge < -0.3 is 18.9 Å². The van der Waals surface area contributed by atoms with Crippen LogP contribution < -0.4 is 9.47 Å². The van der Waals surface area contributed by atoms with E-state index in [1.807, 2.05) is 47.5 Å². The first-order valence-corrected chi connectivity index (χ1v) is 11.4. The summed E-state index contributed by atoms with van der Waals surface area (Å²) in [6.45, 7) is 5.90. The molecule has 0 unspecified atom stereocenters. The van der Waals surface area contributed by atoms with Crippen molar-refractivity contribution in [2.75, 3.05) is 39.9 Å². The fourth-order valence-corrected chi connectivity index (χ4v) is 4.13. The van der Waals surface area contributed by atoms with E-state index < -0.39 is 0 Å². The number of carbonyl (C=O) groups excluding carboxylic acids is 1. The van der Waals surface area contributed by atoms with Gasteiger partial charge in [-0.25, -0.2) is 0 Å². The smallest absolute Gasteiger partial charge is 0.246 e. The van der Waals surface area contributed by atoms with Crippen molar-refractivity contribution >= 4 is 23.3 Å². The molecule has 0 spiro atoms. The Hall–Kier alpha value is -3.17. The maximum Gasteiger partial charge on any atom is 0.246 e. The highest BCUT2D eigenvalue weighted by Gasteiger charge is 2.21. The Balaban J connectivity index is 1.28. The fraction of sp³-hybridized carbons (Fsp3) is 0.348. The second kappa shape index (κ2) is 10.4. The Morgan fingerprint density at radius 1 is 1.22 bits per heavy atom. The third kappa shape index (κ3) is 5.35. The Kier molecular flexibility index (Phi) is 7.18. The summed E-state index contributed by atoms with van der Waals surface area (Å²) in [6, 6.07) is 9.56. The van der Waals surface area contributed by atoms with Crippen molar-refractivity contribution in [3.63, 3.8) is 0 Å². The number of methoxy groups -OCH3 is 1. The van der Waals surface area contributed by atoms with Crippen molar-refractivity contribution in [1.82, 2.24) is 19.9 Å². The number of hydrogen-bond acceptors (Lipinski definition) is 8. The van der Waals surface area contributed by atoms with Gasteiger partial charge in [-0.15, -0.1) is 11.3 Å². The largest absolute Gasteiger partial charge is 0.493 e. The predicted octanol–water partition coefficient (Wildman–Crippen LogP) is 3.56. The summed E-state index contributed by atoms with van der Waals surface area (Å²) in [6.07, 6.45) is 3.41. The molecule has 0 saturated carbocycles. The van der Waals surface area contributed by atoms with E-state index in [2.05, 4.69) is 15.0 Å². The van der Waals surface area contributed by atoms with Crippen molar-refractivity contribution in [3.8, 4) is 22.2 Å². The lowest BCUT2D eigenvalue weighted by Crippen LogP contribution is -2.47. The average molecular weight is 455 g/mol. The van der Waals surface area contributed by atoms with Gasteiger partial charge in [0.25, 0.3) is 0 Å². The molecule has 1 aliphatic heterocycles. The molecule has 3 aromatic rings. The molecule has 4 rings (SSSR count). The third-order valence-corrected chi connectivity index (χ3v) is 6.02. The van der Waals surface area contributed by atoms with E-state index >= 15 is 0 Å². The van der Waals surface area contributed by atoms with Crippen molar-refractivity contribution in [1.29, 1.82) is 0 Å². The van der Waals surface area contributed by atoms with E-state index in [-0.39, 0.29) is 5.91 Å². The number of piperazine rings is 1. The van der Waals surface area contributed by atoms with Crippen LogP contribution in [0.3, 0.4) is 0 Å². The molecule has 1 fully saturated rings. The Bertz CT molecular complexity index is 1060. The monoisotopic (exact) mass is 454 g/mol. The lowest BCUT2D eigenvalue weighted by atomic mass is 10.2. The molecule has 1 aliphatic rings. The fourth-order valence-electron chi connectivity index (χ4n) is 3.48. The second-order valence-corrected chi connectivity index (χ2v) is 8.21. The number of thiophene rings is 1. The first-order valence-electron chi connectivity index (χ1n) is 10.5. The number of amides is 1. The highest BCUT2D eigenvalue weighted by molar-refractivity contribution is 7.13. The van der Waals surface area contributed by atoms with Gasteiger partial charge >= 0.3 is 0 Å². The molecule has 2 aromatic heterocycles. The number of benzene rings is 1. The number of aromatic nitrogens is 2. The minimum Gasteiger partial charge on any atom is -0.493 e. The van der Waals surface area contributed by atoms with E-state index in [0.29, 0.717) is 49.5 Å². The topological polar surface area (TPSA) is 80.9 Å². The van der Waals surface area contributed by atoms with E-state index in [9.17, 15) is 4.79 Å². The predicted molar refractivity (Wildman–Crippen MR) is 123 cm³/mol. The summed E-state index contributed by atoms with van der Waals surface area (Å²) in [5, 5.41) is 6.04. The normalized spacial score (nSPS) is 14.8. The summed E-state index contributed by atoms with van der Waals surface area (Å²) >= 11 is 1.58. The van der Waals surface area contributed by atoms with Crippen molar-refractivity contribution < 1.29 is 18.8 Å².